The van der Waals surface area contributed by atoms with Crippen LogP contribution in [0.4, 0.5) is 0 Å². The second-order valence-electron chi connectivity index (χ2n) is 13.6. The average Bonchev–Trinajstić information content (AvgIpc) is 3.05. The molecule has 1 fully saturated rings. The molecule has 0 radical (unpaired) electrons. The van der Waals surface area contributed by atoms with Crippen LogP contribution in [0.3, 0.4) is 0 Å². The Morgan fingerprint density at radius 3 is 2.08 bits per heavy atom. The molecular weight excluding hydrogens is 622 g/mol. The zero-order chi connectivity index (χ0) is 36.6. The molecule has 14 nitrogen and oxygen atoms in total. The number of hydrogen-bond acceptors (Lipinski definition) is 9. The van der Waals surface area contributed by atoms with Gasteiger partial charge in [-0.2, -0.15) is 0 Å². The number of carbonyl (C=O) groups is 6. The van der Waals surface area contributed by atoms with E-state index in [0.29, 0.717) is 25.7 Å². The third-order valence-corrected chi connectivity index (χ3v) is 9.13. The number of carbonyl (C=O) groups excluding carboxylic acids is 6. The summed E-state index contributed by atoms with van der Waals surface area (Å²) >= 11 is 0. The van der Waals surface area contributed by atoms with Crippen LogP contribution >= 0.6 is 0 Å². The fourth-order valence-corrected chi connectivity index (χ4v) is 5.61. The molecule has 1 aliphatic rings. The highest BCUT2D eigenvalue weighted by molar-refractivity contribution is 5.98. The van der Waals surface area contributed by atoms with E-state index in [2.05, 4.69) is 28.2 Å². The Morgan fingerprint density at radius 2 is 1.54 bits per heavy atom. The maximum atomic E-state index is 14.1. The van der Waals surface area contributed by atoms with Gasteiger partial charge in [-0.05, 0) is 38.0 Å². The lowest BCUT2D eigenvalue weighted by atomic mass is 9.89. The van der Waals surface area contributed by atoms with Crippen LogP contribution in [0.1, 0.15) is 106 Å². The van der Waals surface area contributed by atoms with E-state index < -0.39 is 90.3 Å². The number of likely N-dealkylation sites (N-methyl/N-ethyl adjacent to an activating group) is 1. The predicted molar refractivity (Wildman–Crippen MR) is 180 cm³/mol. The Morgan fingerprint density at radius 1 is 0.896 bits per heavy atom. The normalized spacial score (nSPS) is 27.1. The summed E-state index contributed by atoms with van der Waals surface area (Å²) in [6.07, 6.45) is 3.64. The van der Waals surface area contributed by atoms with Gasteiger partial charge in [0, 0.05) is 7.05 Å². The van der Waals surface area contributed by atoms with Crippen LogP contribution in [0.5, 0.6) is 0 Å². The zero-order valence-electron chi connectivity index (χ0n) is 30.2. The quantitative estimate of drug-likeness (QED) is 0.122. The molecule has 0 unspecified atom stereocenters. The molecule has 6 N–H and O–H groups in total. The first-order valence-corrected chi connectivity index (χ1v) is 17.5. The van der Waals surface area contributed by atoms with Gasteiger partial charge in [-0.1, -0.05) is 80.1 Å². The monoisotopic (exact) mass is 683 g/mol. The van der Waals surface area contributed by atoms with Gasteiger partial charge in [0.25, 0.3) is 0 Å². The third kappa shape index (κ3) is 12.6. The number of hydrogen-bond donors (Lipinski definition) is 6. The first-order valence-electron chi connectivity index (χ1n) is 17.5. The summed E-state index contributed by atoms with van der Waals surface area (Å²) in [4.78, 5) is 82.5. The minimum atomic E-state index is -1.91. The Hall–Kier alpha value is -3.26. The van der Waals surface area contributed by atoms with Gasteiger partial charge < -0.3 is 41.1 Å². The van der Waals surface area contributed by atoms with Gasteiger partial charge in [-0.25, -0.2) is 0 Å². The molecule has 14 heteroatoms. The average molecular weight is 684 g/mol. The third-order valence-electron chi connectivity index (χ3n) is 9.13. The fourth-order valence-electron chi connectivity index (χ4n) is 5.61. The Balaban J connectivity index is 3.73. The molecule has 0 aliphatic carbocycles. The molecule has 0 saturated carbocycles. The minimum Gasteiger partial charge on any atom is -0.464 e. The van der Waals surface area contributed by atoms with Crippen molar-refractivity contribution in [2.75, 3.05) is 26.8 Å². The molecule has 48 heavy (non-hydrogen) atoms. The molecule has 1 aliphatic heterocycles. The van der Waals surface area contributed by atoms with E-state index >= 15 is 0 Å². The van der Waals surface area contributed by atoms with Crippen LogP contribution in [0.2, 0.25) is 0 Å². The Bertz CT molecular complexity index is 1090. The van der Waals surface area contributed by atoms with Crippen LogP contribution in [-0.2, 0) is 33.5 Å². The number of rotatable bonds is 13. The van der Waals surface area contributed by atoms with Crippen LogP contribution in [0, 0.1) is 17.8 Å². The lowest BCUT2D eigenvalue weighted by molar-refractivity contribution is -0.151. The molecule has 0 aromatic heterocycles. The van der Waals surface area contributed by atoms with Crippen molar-refractivity contribution in [2.45, 2.75) is 136 Å². The van der Waals surface area contributed by atoms with E-state index in [1.54, 1.807) is 13.8 Å². The van der Waals surface area contributed by atoms with E-state index in [0.717, 1.165) is 19.3 Å². The van der Waals surface area contributed by atoms with Crippen molar-refractivity contribution in [1.82, 2.24) is 26.2 Å². The molecule has 1 heterocycles. The smallest absolute Gasteiger partial charge is 0.325 e. The Labute approximate surface area is 285 Å². The molecule has 1 rings (SSSR count). The van der Waals surface area contributed by atoms with Gasteiger partial charge in [0.15, 0.2) is 0 Å². The predicted octanol–water partition coefficient (Wildman–Crippen LogP) is 1.16. The van der Waals surface area contributed by atoms with Crippen molar-refractivity contribution in [3.8, 4) is 0 Å². The van der Waals surface area contributed by atoms with Gasteiger partial charge in [0.2, 0.25) is 29.5 Å². The van der Waals surface area contributed by atoms with Crippen molar-refractivity contribution in [3.05, 3.63) is 0 Å². The summed E-state index contributed by atoms with van der Waals surface area (Å²) in [5, 5.41) is 31.5. The SMILES string of the molecule is CCCCCCC[C@@]1(CO)NC(=O)[C@H]([C@H](C)CC)NC(=O)[C@H](CC(C)C)N(C)C(=O)[C@H](CC)COC(=O)CNC(=O)[C@H]([C@H](C)O)NC1=O. The number of aliphatic hydroxyl groups is 2. The summed E-state index contributed by atoms with van der Waals surface area (Å²) in [6.45, 7) is 10.8. The van der Waals surface area contributed by atoms with Crippen molar-refractivity contribution < 1.29 is 43.7 Å². The number of unbranched alkanes of at least 4 members (excludes halogenated alkanes) is 4. The minimum absolute atomic E-state index is 0.00435. The van der Waals surface area contributed by atoms with Crippen molar-refractivity contribution in [2.24, 2.45) is 17.8 Å². The molecule has 0 spiro atoms. The van der Waals surface area contributed by atoms with Gasteiger partial charge in [-0.15, -0.1) is 0 Å². The largest absolute Gasteiger partial charge is 0.464 e. The molecular formula is C34H61N5O9. The molecule has 5 amide bonds. The second kappa shape index (κ2) is 21.0. The van der Waals surface area contributed by atoms with E-state index in [9.17, 15) is 39.0 Å². The lowest BCUT2D eigenvalue weighted by Crippen LogP contribution is -2.68. The maximum absolute atomic E-state index is 14.1. The summed E-state index contributed by atoms with van der Waals surface area (Å²) in [5.74, 6) is -5.54. The number of nitrogens with one attached hydrogen (secondary N) is 4. The zero-order valence-corrected chi connectivity index (χ0v) is 30.2. The molecule has 0 bridgehead atoms. The topological polar surface area (TPSA) is 203 Å². The molecule has 276 valence electrons. The van der Waals surface area contributed by atoms with E-state index in [4.69, 9.17) is 4.74 Å². The summed E-state index contributed by atoms with van der Waals surface area (Å²) in [7, 11) is 1.50. The van der Waals surface area contributed by atoms with Crippen LogP contribution in [0.25, 0.3) is 0 Å². The van der Waals surface area contributed by atoms with Gasteiger partial charge in [0.1, 0.15) is 36.8 Å². The first-order chi connectivity index (χ1) is 22.6. The lowest BCUT2D eigenvalue weighted by Gasteiger charge is -2.37. The summed E-state index contributed by atoms with van der Waals surface area (Å²) in [6, 6.07) is -3.64. The number of nitrogens with zero attached hydrogens (tertiary/aromatic N) is 1. The number of amides is 5. The van der Waals surface area contributed by atoms with Crippen LogP contribution in [0.15, 0.2) is 0 Å². The Kier molecular flexibility index (Phi) is 18.7. The highest BCUT2D eigenvalue weighted by Crippen LogP contribution is 2.21. The second-order valence-corrected chi connectivity index (χ2v) is 13.6. The van der Waals surface area contributed by atoms with Gasteiger partial charge in [0.05, 0.1) is 18.6 Å². The molecule has 0 aromatic carbocycles. The molecule has 1 saturated heterocycles. The highest BCUT2D eigenvalue weighted by atomic mass is 16.5. The fraction of sp³-hybridized carbons (Fsp3) is 0.824. The van der Waals surface area contributed by atoms with E-state index in [1.807, 2.05) is 20.8 Å². The number of aliphatic hydroxyl groups excluding tert-OH is 2. The van der Waals surface area contributed by atoms with Gasteiger partial charge >= 0.3 is 5.97 Å². The van der Waals surface area contributed by atoms with Crippen molar-refractivity contribution in [3.63, 3.8) is 0 Å². The summed E-state index contributed by atoms with van der Waals surface area (Å²) < 4.78 is 5.30. The molecule has 0 aromatic rings. The van der Waals surface area contributed by atoms with Crippen molar-refractivity contribution >= 4 is 35.5 Å². The van der Waals surface area contributed by atoms with Crippen LogP contribution in [-0.4, -0.2) is 107 Å². The number of esters is 1. The molecule has 7 atom stereocenters. The number of ether oxygens (including phenoxy) is 1. The van der Waals surface area contributed by atoms with E-state index in [-0.39, 0.29) is 25.4 Å². The highest BCUT2D eigenvalue weighted by Gasteiger charge is 2.44. The van der Waals surface area contributed by atoms with Crippen LogP contribution < -0.4 is 21.3 Å². The standard InChI is InChI=1S/C34H61N5O9/c1-9-12-13-14-15-16-34(20-40)33(47)37-28(23(7)41)30(44)35-18-26(42)48-19-24(11-3)32(46)39(8)25(17-21(4)5)29(43)36-27(22(6)10-2)31(45)38-34/h21-25,27-28,40-41H,9-20H2,1-8H3,(H,35,44)(H,36,43)(H,37,47)(H,38,45)/t22-,23+,24-,25+,27+,28+,34+/m1/s1. The number of cyclic esters (lactones) is 1. The van der Waals surface area contributed by atoms with E-state index in [1.165, 1.54) is 18.9 Å². The first kappa shape index (κ1) is 42.8. The van der Waals surface area contributed by atoms with Crippen molar-refractivity contribution in [1.29, 1.82) is 0 Å². The maximum Gasteiger partial charge on any atom is 0.325 e. The summed E-state index contributed by atoms with van der Waals surface area (Å²) in [5.41, 5.74) is -1.91. The van der Waals surface area contributed by atoms with Gasteiger partial charge in [-0.3, -0.25) is 28.8 Å².